The fourth-order valence-corrected chi connectivity index (χ4v) is 6.27. The zero-order chi connectivity index (χ0) is 15.8. The SMILES string of the molecule is C[C@]12C=CC3=C4CCC(=O)C=C4CC[C@H]3[C@@H]1CC[C@@]2(O)C1CC1. The van der Waals surface area contributed by atoms with E-state index in [1.165, 1.54) is 29.6 Å². The summed E-state index contributed by atoms with van der Waals surface area (Å²) in [4.78, 5) is 11.7. The van der Waals surface area contributed by atoms with Crippen LogP contribution in [0, 0.1) is 23.2 Å². The van der Waals surface area contributed by atoms with Crippen molar-refractivity contribution in [1.29, 1.82) is 0 Å². The Bertz CT molecular complexity index is 678. The molecule has 5 aliphatic rings. The number of aliphatic hydroxyl groups is 1. The van der Waals surface area contributed by atoms with Crippen LogP contribution in [0.2, 0.25) is 0 Å². The minimum absolute atomic E-state index is 0.0470. The zero-order valence-electron chi connectivity index (χ0n) is 14.0. The normalized spacial score (nSPS) is 45.5. The van der Waals surface area contributed by atoms with Gasteiger partial charge in [-0.2, -0.15) is 0 Å². The molecule has 122 valence electrons. The summed E-state index contributed by atoms with van der Waals surface area (Å²) in [7, 11) is 0. The third-order valence-corrected chi connectivity index (χ3v) is 7.70. The zero-order valence-corrected chi connectivity index (χ0v) is 14.0. The molecule has 0 aromatic carbocycles. The van der Waals surface area contributed by atoms with Crippen molar-refractivity contribution in [3.8, 4) is 0 Å². The molecular weight excluding hydrogens is 284 g/mol. The second-order valence-corrected chi connectivity index (χ2v) is 8.67. The van der Waals surface area contributed by atoms with E-state index in [4.69, 9.17) is 0 Å². The molecule has 2 heteroatoms. The highest BCUT2D eigenvalue weighted by atomic mass is 16.3. The molecule has 0 heterocycles. The first-order valence-electron chi connectivity index (χ1n) is 9.41. The molecule has 1 N–H and O–H groups in total. The molecule has 2 fully saturated rings. The van der Waals surface area contributed by atoms with E-state index in [1.54, 1.807) is 0 Å². The molecule has 0 radical (unpaired) electrons. The number of ketones is 1. The Morgan fingerprint density at radius 3 is 2.74 bits per heavy atom. The Kier molecular flexibility index (Phi) is 2.77. The fraction of sp³-hybridized carbons (Fsp3) is 0.667. The highest BCUT2D eigenvalue weighted by Crippen LogP contribution is 2.65. The van der Waals surface area contributed by atoms with Crippen LogP contribution in [0.15, 0.2) is 34.9 Å². The standard InChI is InChI=1S/C21H26O2/c1-20-10-8-17-16-7-5-15(22)12-13(16)2-6-18(17)19(20)9-11-21(20,23)14-3-4-14/h8,10,12,14,18-19,23H,2-7,9,11H2,1H3/t18-,19+,20+,21-/m1/s1. The number of hydrogen-bond acceptors (Lipinski definition) is 2. The summed E-state index contributed by atoms with van der Waals surface area (Å²) in [6.45, 7) is 2.32. The van der Waals surface area contributed by atoms with E-state index in [9.17, 15) is 9.90 Å². The van der Waals surface area contributed by atoms with Crippen LogP contribution >= 0.6 is 0 Å². The first-order valence-corrected chi connectivity index (χ1v) is 9.41. The summed E-state index contributed by atoms with van der Waals surface area (Å²) in [5.74, 6) is 2.01. The number of hydrogen-bond donors (Lipinski definition) is 1. The van der Waals surface area contributed by atoms with Gasteiger partial charge >= 0.3 is 0 Å². The van der Waals surface area contributed by atoms with Crippen LogP contribution < -0.4 is 0 Å². The van der Waals surface area contributed by atoms with Crippen molar-refractivity contribution in [2.45, 2.75) is 63.9 Å². The number of carbonyl (C=O) groups excluding carboxylic acids is 1. The average Bonchev–Trinajstić information content (AvgIpc) is 3.34. The first-order chi connectivity index (χ1) is 11.0. The lowest BCUT2D eigenvalue weighted by molar-refractivity contribution is -0.114. The van der Waals surface area contributed by atoms with Crippen LogP contribution in [0.3, 0.4) is 0 Å². The Hall–Kier alpha value is -1.15. The molecule has 0 saturated heterocycles. The van der Waals surface area contributed by atoms with Crippen molar-refractivity contribution < 1.29 is 9.90 Å². The average molecular weight is 310 g/mol. The molecule has 0 aliphatic heterocycles. The molecule has 5 rings (SSSR count). The van der Waals surface area contributed by atoms with Gasteiger partial charge in [0.15, 0.2) is 5.78 Å². The van der Waals surface area contributed by atoms with E-state index in [-0.39, 0.29) is 5.41 Å². The lowest BCUT2D eigenvalue weighted by atomic mass is 9.57. The molecule has 0 aromatic rings. The van der Waals surface area contributed by atoms with Crippen molar-refractivity contribution in [2.24, 2.45) is 23.2 Å². The predicted molar refractivity (Wildman–Crippen MR) is 89.7 cm³/mol. The third-order valence-electron chi connectivity index (χ3n) is 7.70. The van der Waals surface area contributed by atoms with E-state index in [1.807, 2.05) is 6.08 Å². The third kappa shape index (κ3) is 1.76. The number of allylic oxidation sites excluding steroid dienone is 5. The Balaban J connectivity index is 1.61. The minimum Gasteiger partial charge on any atom is -0.389 e. The highest BCUT2D eigenvalue weighted by Gasteiger charge is 2.63. The van der Waals surface area contributed by atoms with Gasteiger partial charge in [-0.25, -0.2) is 0 Å². The lowest BCUT2D eigenvalue weighted by Gasteiger charge is -2.49. The Labute approximate surface area is 138 Å². The van der Waals surface area contributed by atoms with E-state index >= 15 is 0 Å². The monoisotopic (exact) mass is 310 g/mol. The van der Waals surface area contributed by atoms with Crippen LogP contribution in [0.5, 0.6) is 0 Å². The van der Waals surface area contributed by atoms with Crippen LogP contribution in [0.1, 0.15) is 58.3 Å². The fourth-order valence-electron chi connectivity index (χ4n) is 6.27. The molecule has 0 bridgehead atoms. The molecule has 2 nitrogen and oxygen atoms in total. The predicted octanol–water partition coefficient (Wildman–Crippen LogP) is 4.11. The molecule has 0 aromatic heterocycles. The van der Waals surface area contributed by atoms with Gasteiger partial charge < -0.3 is 5.11 Å². The van der Waals surface area contributed by atoms with Gasteiger partial charge in [0.1, 0.15) is 0 Å². The second-order valence-electron chi connectivity index (χ2n) is 8.67. The van der Waals surface area contributed by atoms with Gasteiger partial charge in [0, 0.05) is 11.8 Å². The molecule has 0 amide bonds. The van der Waals surface area contributed by atoms with Crippen LogP contribution in [-0.2, 0) is 4.79 Å². The van der Waals surface area contributed by atoms with Gasteiger partial charge in [-0.05, 0) is 85.5 Å². The van der Waals surface area contributed by atoms with E-state index < -0.39 is 5.60 Å². The number of carbonyl (C=O) groups is 1. The second kappa shape index (κ2) is 4.47. The smallest absolute Gasteiger partial charge is 0.156 e. The summed E-state index contributed by atoms with van der Waals surface area (Å²) in [6.07, 6.45) is 14.9. The van der Waals surface area contributed by atoms with Gasteiger partial charge in [-0.3, -0.25) is 4.79 Å². The van der Waals surface area contributed by atoms with E-state index in [0.29, 0.717) is 30.0 Å². The minimum atomic E-state index is -0.469. The van der Waals surface area contributed by atoms with Gasteiger partial charge in [0.2, 0.25) is 0 Å². The van der Waals surface area contributed by atoms with Crippen molar-refractivity contribution >= 4 is 5.78 Å². The van der Waals surface area contributed by atoms with Crippen molar-refractivity contribution in [3.05, 3.63) is 34.9 Å². The Morgan fingerprint density at radius 1 is 1.13 bits per heavy atom. The maximum atomic E-state index is 11.7. The maximum absolute atomic E-state index is 11.7. The molecule has 5 aliphatic carbocycles. The van der Waals surface area contributed by atoms with Gasteiger partial charge in [-0.15, -0.1) is 0 Å². The summed E-state index contributed by atoms with van der Waals surface area (Å²) < 4.78 is 0. The molecule has 2 saturated carbocycles. The van der Waals surface area contributed by atoms with Crippen LogP contribution in [0.25, 0.3) is 0 Å². The summed E-state index contributed by atoms with van der Waals surface area (Å²) in [6, 6.07) is 0. The van der Waals surface area contributed by atoms with Crippen molar-refractivity contribution in [2.75, 3.05) is 0 Å². The number of fused-ring (bicyclic) bond motifs is 4. The topological polar surface area (TPSA) is 37.3 Å². The number of rotatable bonds is 1. The summed E-state index contributed by atoms with van der Waals surface area (Å²) >= 11 is 0. The summed E-state index contributed by atoms with van der Waals surface area (Å²) in [5.41, 5.74) is 3.74. The lowest BCUT2D eigenvalue weighted by Crippen LogP contribution is -2.49. The van der Waals surface area contributed by atoms with Gasteiger partial charge in [0.25, 0.3) is 0 Å². The summed E-state index contributed by atoms with van der Waals surface area (Å²) in [5, 5.41) is 11.4. The van der Waals surface area contributed by atoms with Gasteiger partial charge in [0.05, 0.1) is 5.60 Å². The molecule has 0 unspecified atom stereocenters. The highest BCUT2D eigenvalue weighted by molar-refractivity contribution is 5.93. The van der Waals surface area contributed by atoms with E-state index in [2.05, 4.69) is 19.1 Å². The van der Waals surface area contributed by atoms with E-state index in [0.717, 1.165) is 32.1 Å². The Morgan fingerprint density at radius 2 is 1.96 bits per heavy atom. The van der Waals surface area contributed by atoms with Crippen molar-refractivity contribution in [1.82, 2.24) is 0 Å². The molecular formula is C21H26O2. The van der Waals surface area contributed by atoms with Crippen LogP contribution in [0.4, 0.5) is 0 Å². The van der Waals surface area contributed by atoms with Crippen LogP contribution in [-0.4, -0.2) is 16.5 Å². The molecule has 0 spiro atoms. The quantitative estimate of drug-likeness (QED) is 0.791. The van der Waals surface area contributed by atoms with Gasteiger partial charge in [-0.1, -0.05) is 19.1 Å². The first kappa shape index (κ1) is 14.2. The van der Waals surface area contributed by atoms with Crippen molar-refractivity contribution in [3.63, 3.8) is 0 Å². The maximum Gasteiger partial charge on any atom is 0.156 e. The largest absolute Gasteiger partial charge is 0.389 e. The molecule has 23 heavy (non-hydrogen) atoms. The molecule has 4 atom stereocenters.